The number of likely N-dealkylation sites (tertiary alicyclic amines) is 1. The lowest BCUT2D eigenvalue weighted by Crippen LogP contribution is -2.33. The minimum Gasteiger partial charge on any atom is -0.492 e. The van der Waals surface area contributed by atoms with E-state index in [2.05, 4.69) is 15.4 Å². The Morgan fingerprint density at radius 3 is 2.67 bits per heavy atom. The van der Waals surface area contributed by atoms with Gasteiger partial charge in [-0.3, -0.25) is 4.79 Å². The van der Waals surface area contributed by atoms with Crippen LogP contribution in [0.3, 0.4) is 0 Å². The van der Waals surface area contributed by atoms with Crippen molar-refractivity contribution in [1.82, 2.24) is 25.1 Å². The zero-order valence-corrected chi connectivity index (χ0v) is 17.2. The molecule has 2 N–H and O–H groups in total. The van der Waals surface area contributed by atoms with Crippen molar-refractivity contribution in [3.05, 3.63) is 71.0 Å². The van der Waals surface area contributed by atoms with Crippen LogP contribution in [0.2, 0.25) is 5.02 Å². The zero-order chi connectivity index (χ0) is 20.9. The molecule has 9 heteroatoms. The van der Waals surface area contributed by atoms with Crippen LogP contribution in [0, 0.1) is 0 Å². The number of carbonyl (C=O) groups excluding carboxylic acids is 1. The van der Waals surface area contributed by atoms with Gasteiger partial charge in [-0.1, -0.05) is 23.7 Å². The zero-order valence-electron chi connectivity index (χ0n) is 16.4. The summed E-state index contributed by atoms with van der Waals surface area (Å²) in [7, 11) is 0. The fraction of sp³-hybridized carbons (Fsp3) is 0.333. The topological polar surface area (TPSA) is 99.2 Å². The summed E-state index contributed by atoms with van der Waals surface area (Å²) in [6.07, 6.45) is 2.31. The van der Waals surface area contributed by atoms with E-state index in [1.165, 1.54) is 16.7 Å². The highest BCUT2D eigenvalue weighted by molar-refractivity contribution is 6.30. The third-order valence-electron chi connectivity index (χ3n) is 5.17. The summed E-state index contributed by atoms with van der Waals surface area (Å²) in [6.45, 7) is 2.18. The van der Waals surface area contributed by atoms with E-state index in [0.29, 0.717) is 36.9 Å². The molecule has 2 aromatic carbocycles. The summed E-state index contributed by atoms with van der Waals surface area (Å²) in [4.78, 5) is 16.2. The largest absolute Gasteiger partial charge is 0.492 e. The van der Waals surface area contributed by atoms with E-state index in [1.807, 2.05) is 29.2 Å². The van der Waals surface area contributed by atoms with Crippen LogP contribution in [0.4, 0.5) is 0 Å². The molecular formula is C21H23ClN6O2. The standard InChI is InChI=1S/C21H23ClN6O2/c22-18-5-1-15(2-6-18)17-9-10-27(11-17)21(29)16-3-7-20(8-4-16)30-13-19(23)12-28-25-14-24-26-28/h1-8,14,17,19H,9-13,23H2. The second-order valence-electron chi connectivity index (χ2n) is 7.37. The van der Waals surface area contributed by atoms with Gasteiger partial charge in [0.2, 0.25) is 0 Å². The molecule has 1 amide bonds. The molecule has 1 saturated heterocycles. The van der Waals surface area contributed by atoms with Gasteiger partial charge in [-0.15, -0.1) is 10.2 Å². The first-order valence-electron chi connectivity index (χ1n) is 9.82. The predicted molar refractivity (Wildman–Crippen MR) is 112 cm³/mol. The van der Waals surface area contributed by atoms with Crippen LogP contribution in [0.15, 0.2) is 54.9 Å². The molecular weight excluding hydrogens is 404 g/mol. The maximum atomic E-state index is 12.9. The number of halogens is 1. The molecule has 1 aliphatic heterocycles. The van der Waals surface area contributed by atoms with Crippen LogP contribution >= 0.6 is 11.6 Å². The minimum absolute atomic E-state index is 0.0342. The number of ether oxygens (including phenoxy) is 1. The lowest BCUT2D eigenvalue weighted by Gasteiger charge is -2.17. The monoisotopic (exact) mass is 426 g/mol. The summed E-state index contributed by atoms with van der Waals surface area (Å²) in [5, 5.41) is 12.1. The van der Waals surface area contributed by atoms with E-state index in [0.717, 1.165) is 18.0 Å². The van der Waals surface area contributed by atoms with Gasteiger partial charge in [-0.2, -0.15) is 4.80 Å². The molecule has 4 rings (SSSR count). The molecule has 2 unspecified atom stereocenters. The van der Waals surface area contributed by atoms with E-state index in [-0.39, 0.29) is 11.9 Å². The van der Waals surface area contributed by atoms with E-state index < -0.39 is 0 Å². The highest BCUT2D eigenvalue weighted by atomic mass is 35.5. The number of rotatable bonds is 7. The van der Waals surface area contributed by atoms with E-state index >= 15 is 0 Å². The number of hydrogen-bond donors (Lipinski definition) is 1. The Morgan fingerprint density at radius 1 is 1.20 bits per heavy atom. The maximum Gasteiger partial charge on any atom is 0.253 e. The Morgan fingerprint density at radius 2 is 1.97 bits per heavy atom. The van der Waals surface area contributed by atoms with E-state index in [1.54, 1.807) is 24.3 Å². The summed E-state index contributed by atoms with van der Waals surface area (Å²) in [5.41, 5.74) is 7.89. The first-order valence-corrected chi connectivity index (χ1v) is 10.2. The van der Waals surface area contributed by atoms with Crippen molar-refractivity contribution in [3.63, 3.8) is 0 Å². The van der Waals surface area contributed by atoms with Crippen LogP contribution in [0.5, 0.6) is 5.75 Å². The fourth-order valence-corrected chi connectivity index (χ4v) is 3.69. The Hall–Kier alpha value is -2.97. The molecule has 0 radical (unpaired) electrons. The first kappa shape index (κ1) is 20.3. The average Bonchev–Trinajstić information content (AvgIpc) is 3.45. The normalized spacial score (nSPS) is 17.1. The quantitative estimate of drug-likeness (QED) is 0.622. The van der Waals surface area contributed by atoms with Crippen LogP contribution in [-0.2, 0) is 6.54 Å². The first-order chi connectivity index (χ1) is 14.6. The van der Waals surface area contributed by atoms with Gasteiger partial charge in [0.15, 0.2) is 6.33 Å². The molecule has 0 aliphatic carbocycles. The number of carbonyl (C=O) groups is 1. The second kappa shape index (κ2) is 9.23. The summed E-state index contributed by atoms with van der Waals surface area (Å²) < 4.78 is 5.71. The van der Waals surface area contributed by atoms with Crippen molar-refractivity contribution in [2.24, 2.45) is 5.73 Å². The molecule has 3 aromatic rings. The van der Waals surface area contributed by atoms with Crippen molar-refractivity contribution in [1.29, 1.82) is 0 Å². The predicted octanol–water partition coefficient (Wildman–Crippen LogP) is 2.36. The van der Waals surface area contributed by atoms with Gasteiger partial charge in [0, 0.05) is 29.6 Å². The van der Waals surface area contributed by atoms with E-state index in [4.69, 9.17) is 22.1 Å². The Balaban J connectivity index is 1.29. The maximum absolute atomic E-state index is 12.9. The van der Waals surface area contributed by atoms with Crippen LogP contribution in [0.25, 0.3) is 0 Å². The highest BCUT2D eigenvalue weighted by Crippen LogP contribution is 2.29. The summed E-state index contributed by atoms with van der Waals surface area (Å²) in [5.74, 6) is 1.04. The van der Waals surface area contributed by atoms with Crippen molar-refractivity contribution < 1.29 is 9.53 Å². The lowest BCUT2D eigenvalue weighted by molar-refractivity contribution is 0.0790. The van der Waals surface area contributed by atoms with Crippen molar-refractivity contribution in [2.45, 2.75) is 24.9 Å². The molecule has 0 saturated carbocycles. The number of hydrogen-bond acceptors (Lipinski definition) is 6. The van der Waals surface area contributed by atoms with Gasteiger partial charge < -0.3 is 15.4 Å². The Labute approximate surface area is 179 Å². The van der Waals surface area contributed by atoms with Gasteiger partial charge in [0.05, 0.1) is 12.6 Å². The Kier molecular flexibility index (Phi) is 6.25. The molecule has 30 heavy (non-hydrogen) atoms. The Bertz CT molecular complexity index is 962. The molecule has 1 fully saturated rings. The summed E-state index contributed by atoms with van der Waals surface area (Å²) >= 11 is 5.97. The van der Waals surface area contributed by atoms with Gasteiger partial charge >= 0.3 is 0 Å². The number of tetrazole rings is 1. The summed E-state index contributed by atoms with van der Waals surface area (Å²) in [6, 6.07) is 14.8. The van der Waals surface area contributed by atoms with Crippen LogP contribution in [0.1, 0.15) is 28.3 Å². The van der Waals surface area contributed by atoms with Gasteiger partial charge in [0.1, 0.15) is 12.4 Å². The molecule has 8 nitrogen and oxygen atoms in total. The SMILES string of the molecule is NC(COc1ccc(C(=O)N2CCC(c3ccc(Cl)cc3)C2)cc1)Cn1ncnn1. The second-order valence-corrected chi connectivity index (χ2v) is 7.81. The average molecular weight is 427 g/mol. The number of nitrogens with zero attached hydrogens (tertiary/aromatic N) is 5. The van der Waals surface area contributed by atoms with Gasteiger partial charge in [-0.25, -0.2) is 0 Å². The van der Waals surface area contributed by atoms with Crippen molar-refractivity contribution in [3.8, 4) is 5.75 Å². The van der Waals surface area contributed by atoms with Gasteiger partial charge in [-0.05, 0) is 53.6 Å². The smallest absolute Gasteiger partial charge is 0.253 e. The van der Waals surface area contributed by atoms with E-state index in [9.17, 15) is 4.79 Å². The molecule has 0 bridgehead atoms. The molecule has 156 valence electrons. The lowest BCUT2D eigenvalue weighted by atomic mass is 9.99. The highest BCUT2D eigenvalue weighted by Gasteiger charge is 2.27. The number of benzene rings is 2. The fourth-order valence-electron chi connectivity index (χ4n) is 3.57. The number of amides is 1. The molecule has 2 heterocycles. The number of aromatic nitrogens is 4. The third-order valence-corrected chi connectivity index (χ3v) is 5.42. The van der Waals surface area contributed by atoms with Crippen LogP contribution < -0.4 is 10.5 Å². The minimum atomic E-state index is -0.269. The van der Waals surface area contributed by atoms with Crippen molar-refractivity contribution >= 4 is 17.5 Å². The van der Waals surface area contributed by atoms with Gasteiger partial charge in [0.25, 0.3) is 5.91 Å². The molecule has 0 spiro atoms. The van der Waals surface area contributed by atoms with Crippen LogP contribution in [-0.4, -0.2) is 56.8 Å². The molecule has 2 atom stereocenters. The van der Waals surface area contributed by atoms with Crippen molar-refractivity contribution in [2.75, 3.05) is 19.7 Å². The third kappa shape index (κ3) is 4.95. The number of nitrogens with two attached hydrogens (primary N) is 1. The molecule has 1 aromatic heterocycles. The molecule has 1 aliphatic rings.